The van der Waals surface area contributed by atoms with Crippen molar-refractivity contribution in [3.63, 3.8) is 0 Å². The Morgan fingerprint density at radius 2 is 2.21 bits per heavy atom. The number of aliphatic hydroxyl groups excluding tert-OH is 1. The molecule has 4 nitrogen and oxygen atoms in total. The second-order valence-corrected chi connectivity index (χ2v) is 5.29. The average molecular weight is 312 g/mol. The van der Waals surface area contributed by atoms with Gasteiger partial charge < -0.3 is 10.4 Å². The van der Waals surface area contributed by atoms with Gasteiger partial charge in [-0.15, -0.1) is 11.3 Å². The van der Waals surface area contributed by atoms with Crippen molar-refractivity contribution in [2.24, 2.45) is 4.99 Å². The SMILES string of the molecule is CC(O)c1cnc(C2N=C(Cl)NC=C2C(F)(F)F)s1. The second kappa shape index (κ2) is 5.10. The van der Waals surface area contributed by atoms with Crippen LogP contribution < -0.4 is 5.32 Å². The van der Waals surface area contributed by atoms with Gasteiger partial charge in [0.1, 0.15) is 11.0 Å². The van der Waals surface area contributed by atoms with Crippen molar-refractivity contribution < 1.29 is 18.3 Å². The highest BCUT2D eigenvalue weighted by Crippen LogP contribution is 2.41. The first kappa shape index (κ1) is 14.3. The van der Waals surface area contributed by atoms with Crippen LogP contribution in [-0.2, 0) is 0 Å². The van der Waals surface area contributed by atoms with Crippen molar-refractivity contribution in [3.05, 3.63) is 27.9 Å². The summed E-state index contributed by atoms with van der Waals surface area (Å²) < 4.78 is 38.6. The summed E-state index contributed by atoms with van der Waals surface area (Å²) in [5.74, 6) is 0. The molecule has 0 aromatic carbocycles. The Hall–Kier alpha value is -1.12. The molecule has 0 spiro atoms. The predicted molar refractivity (Wildman–Crippen MR) is 66.1 cm³/mol. The molecule has 0 radical (unpaired) electrons. The third-order valence-corrected chi connectivity index (χ3v) is 3.82. The van der Waals surface area contributed by atoms with Gasteiger partial charge in [-0.2, -0.15) is 13.2 Å². The largest absolute Gasteiger partial charge is 0.416 e. The molecule has 2 rings (SSSR count). The number of hydrogen-bond donors (Lipinski definition) is 2. The lowest BCUT2D eigenvalue weighted by molar-refractivity contribution is -0.0962. The standard InChI is InChI=1S/C10H9ClF3N3OS/c1-4(18)6-3-15-8(19-6)7-5(10(12,13)14)2-16-9(11)17-7/h2-4,7,18H,1H3,(H,16,17). The molecule has 19 heavy (non-hydrogen) atoms. The van der Waals surface area contributed by atoms with Gasteiger partial charge in [-0.25, -0.2) is 9.98 Å². The summed E-state index contributed by atoms with van der Waals surface area (Å²) in [6, 6.07) is -1.30. The van der Waals surface area contributed by atoms with Crippen LogP contribution >= 0.6 is 22.9 Å². The zero-order chi connectivity index (χ0) is 14.2. The third-order valence-electron chi connectivity index (χ3n) is 2.40. The molecule has 1 aliphatic heterocycles. The first-order chi connectivity index (χ1) is 8.79. The van der Waals surface area contributed by atoms with E-state index in [0.29, 0.717) is 4.88 Å². The van der Waals surface area contributed by atoms with E-state index in [2.05, 4.69) is 15.3 Å². The van der Waals surface area contributed by atoms with Crippen LogP contribution in [0.25, 0.3) is 0 Å². The first-order valence-corrected chi connectivity index (χ1v) is 6.39. The molecule has 0 amide bonds. The summed E-state index contributed by atoms with van der Waals surface area (Å²) in [5.41, 5.74) is -0.872. The highest BCUT2D eigenvalue weighted by molar-refractivity contribution is 7.11. The maximum Gasteiger partial charge on any atom is 0.416 e. The van der Waals surface area contributed by atoms with Gasteiger partial charge in [0.15, 0.2) is 5.29 Å². The molecule has 2 unspecified atom stereocenters. The molecule has 104 valence electrons. The number of aliphatic hydroxyl groups is 1. The second-order valence-electron chi connectivity index (χ2n) is 3.84. The Labute approximate surface area is 115 Å². The number of aliphatic imine (C=N–C) groups is 1. The topological polar surface area (TPSA) is 57.5 Å². The van der Waals surface area contributed by atoms with E-state index in [9.17, 15) is 18.3 Å². The van der Waals surface area contributed by atoms with E-state index in [-0.39, 0.29) is 10.3 Å². The molecular formula is C10H9ClF3N3OS. The third kappa shape index (κ3) is 3.07. The molecule has 9 heteroatoms. The van der Waals surface area contributed by atoms with Crippen LogP contribution in [0.2, 0.25) is 0 Å². The number of thiazole rings is 1. The van der Waals surface area contributed by atoms with Crippen LogP contribution in [0.5, 0.6) is 0 Å². The summed E-state index contributed by atoms with van der Waals surface area (Å²) in [5, 5.41) is 11.6. The quantitative estimate of drug-likeness (QED) is 0.826. The van der Waals surface area contributed by atoms with Gasteiger partial charge in [0.25, 0.3) is 0 Å². The summed E-state index contributed by atoms with van der Waals surface area (Å²) in [7, 11) is 0. The minimum atomic E-state index is -4.53. The first-order valence-electron chi connectivity index (χ1n) is 5.20. The Morgan fingerprint density at radius 1 is 1.53 bits per heavy atom. The number of amidine groups is 1. The van der Waals surface area contributed by atoms with Crippen LogP contribution in [0.3, 0.4) is 0 Å². The number of rotatable bonds is 2. The van der Waals surface area contributed by atoms with E-state index < -0.39 is 23.9 Å². The molecule has 1 aliphatic rings. The van der Waals surface area contributed by atoms with Gasteiger partial charge in [0.05, 0.1) is 16.6 Å². The lowest BCUT2D eigenvalue weighted by Gasteiger charge is -2.21. The molecule has 0 aliphatic carbocycles. The predicted octanol–water partition coefficient (Wildman–Crippen LogP) is 2.88. The van der Waals surface area contributed by atoms with E-state index in [1.807, 2.05) is 0 Å². The number of nitrogens with zero attached hydrogens (tertiary/aromatic N) is 2. The zero-order valence-corrected chi connectivity index (χ0v) is 11.1. The van der Waals surface area contributed by atoms with E-state index >= 15 is 0 Å². The minimum Gasteiger partial charge on any atom is -0.388 e. The molecule has 2 heterocycles. The Balaban J connectivity index is 2.38. The van der Waals surface area contributed by atoms with Gasteiger partial charge in [-0.05, 0) is 18.5 Å². The summed E-state index contributed by atoms with van der Waals surface area (Å²) in [6.45, 7) is 1.51. The fraction of sp³-hybridized carbons (Fsp3) is 0.400. The van der Waals surface area contributed by atoms with Gasteiger partial charge in [0, 0.05) is 12.4 Å². The van der Waals surface area contributed by atoms with E-state index in [0.717, 1.165) is 17.5 Å². The summed E-state index contributed by atoms with van der Waals surface area (Å²) in [4.78, 5) is 8.08. The van der Waals surface area contributed by atoms with E-state index in [1.54, 1.807) is 0 Å². The number of aromatic nitrogens is 1. The average Bonchev–Trinajstić information content (AvgIpc) is 2.76. The van der Waals surface area contributed by atoms with Crippen molar-refractivity contribution in [1.82, 2.24) is 10.3 Å². The fourth-order valence-electron chi connectivity index (χ4n) is 1.48. The molecule has 1 aromatic rings. The van der Waals surface area contributed by atoms with E-state index in [4.69, 9.17) is 11.6 Å². The molecule has 0 fully saturated rings. The zero-order valence-electron chi connectivity index (χ0n) is 9.57. The molecule has 2 N–H and O–H groups in total. The monoisotopic (exact) mass is 311 g/mol. The van der Waals surface area contributed by atoms with Gasteiger partial charge >= 0.3 is 6.18 Å². The lowest BCUT2D eigenvalue weighted by atomic mass is 10.1. The van der Waals surface area contributed by atoms with Crippen molar-refractivity contribution in [3.8, 4) is 0 Å². The summed E-state index contributed by atoms with van der Waals surface area (Å²) >= 11 is 6.57. The maximum absolute atomic E-state index is 12.9. The van der Waals surface area contributed by atoms with Crippen LogP contribution in [-0.4, -0.2) is 21.6 Å². The highest BCUT2D eigenvalue weighted by Gasteiger charge is 2.42. The maximum atomic E-state index is 12.9. The molecule has 2 atom stereocenters. The highest BCUT2D eigenvalue weighted by atomic mass is 35.5. The molecular weight excluding hydrogens is 303 g/mol. The van der Waals surface area contributed by atoms with Gasteiger partial charge in [-0.3, -0.25) is 0 Å². The minimum absolute atomic E-state index is 0.133. The van der Waals surface area contributed by atoms with Gasteiger partial charge in [-0.1, -0.05) is 0 Å². The molecule has 1 aromatic heterocycles. The lowest BCUT2D eigenvalue weighted by Crippen LogP contribution is -2.27. The Morgan fingerprint density at radius 3 is 2.74 bits per heavy atom. The molecule has 0 saturated heterocycles. The van der Waals surface area contributed by atoms with Crippen molar-refractivity contribution in [1.29, 1.82) is 0 Å². The Bertz CT molecular complexity index is 538. The van der Waals surface area contributed by atoms with Crippen molar-refractivity contribution in [2.75, 3.05) is 0 Å². The van der Waals surface area contributed by atoms with E-state index in [1.165, 1.54) is 13.1 Å². The number of nitrogens with one attached hydrogen (secondary N) is 1. The van der Waals surface area contributed by atoms with Crippen LogP contribution in [0.1, 0.15) is 29.0 Å². The Kier molecular flexibility index (Phi) is 3.84. The number of hydrogen-bond acceptors (Lipinski definition) is 5. The fourth-order valence-corrected chi connectivity index (χ4v) is 2.55. The number of alkyl halides is 3. The smallest absolute Gasteiger partial charge is 0.388 e. The van der Waals surface area contributed by atoms with Crippen molar-refractivity contribution in [2.45, 2.75) is 25.2 Å². The van der Waals surface area contributed by atoms with Crippen LogP contribution in [0.4, 0.5) is 13.2 Å². The number of halogens is 4. The normalized spacial score (nSPS) is 21.5. The molecule has 0 saturated carbocycles. The summed E-state index contributed by atoms with van der Waals surface area (Å²) in [6.07, 6.45) is -3.20. The van der Waals surface area contributed by atoms with Gasteiger partial charge in [0.2, 0.25) is 0 Å². The van der Waals surface area contributed by atoms with Crippen LogP contribution in [0.15, 0.2) is 23.0 Å². The van der Waals surface area contributed by atoms with Crippen molar-refractivity contribution >= 4 is 28.2 Å². The van der Waals surface area contributed by atoms with Crippen LogP contribution in [0, 0.1) is 0 Å². The molecule has 0 bridgehead atoms.